The summed E-state index contributed by atoms with van der Waals surface area (Å²) in [5.41, 5.74) is 5.07. The van der Waals surface area contributed by atoms with Crippen molar-refractivity contribution in [3.05, 3.63) is 60.7 Å². The number of hydrogen-bond donors (Lipinski definition) is 2. The minimum absolute atomic E-state index is 0.252. The molecule has 6 rings (SSSR count). The Bertz CT molecular complexity index is 1390. The molecule has 2 saturated heterocycles. The largest absolute Gasteiger partial charge is 0.370 e. The van der Waals surface area contributed by atoms with E-state index >= 15 is 0 Å². The maximum Gasteiger partial charge on any atom is 0.276 e. The molecule has 9 nitrogen and oxygen atoms in total. The number of aromatic nitrogens is 4. The summed E-state index contributed by atoms with van der Waals surface area (Å²) >= 11 is 0. The fourth-order valence-corrected chi connectivity index (χ4v) is 5.00. The number of likely N-dealkylation sites (N-methyl/N-ethyl adjacent to an activating group) is 1. The average Bonchev–Trinajstić information content (AvgIpc) is 3.60. The molecule has 2 aliphatic heterocycles. The van der Waals surface area contributed by atoms with E-state index in [1.807, 2.05) is 42.7 Å². The molecule has 2 aliphatic rings. The summed E-state index contributed by atoms with van der Waals surface area (Å²) in [4.78, 5) is 29.2. The molecule has 1 aromatic carbocycles. The lowest BCUT2D eigenvalue weighted by Crippen LogP contribution is -2.44. The molecule has 0 unspecified atom stereocenters. The van der Waals surface area contributed by atoms with E-state index in [0.717, 1.165) is 72.8 Å². The van der Waals surface area contributed by atoms with Gasteiger partial charge in [-0.1, -0.05) is 6.07 Å². The van der Waals surface area contributed by atoms with Gasteiger partial charge in [-0.05, 0) is 49.7 Å². The van der Waals surface area contributed by atoms with Crippen LogP contribution in [-0.4, -0.2) is 77.3 Å². The predicted octanol–water partition coefficient (Wildman–Crippen LogP) is 3.62. The summed E-state index contributed by atoms with van der Waals surface area (Å²) in [6.07, 6.45) is 7.98. The number of fused-ring (bicyclic) bond motifs is 1. The van der Waals surface area contributed by atoms with Crippen LogP contribution in [0.3, 0.4) is 0 Å². The summed E-state index contributed by atoms with van der Waals surface area (Å²) in [5, 5.41) is 11.1. The van der Waals surface area contributed by atoms with E-state index in [-0.39, 0.29) is 5.91 Å². The first-order chi connectivity index (χ1) is 17.6. The molecule has 2 N–H and O–H groups in total. The maximum atomic E-state index is 13.2. The second kappa shape index (κ2) is 9.58. The zero-order valence-corrected chi connectivity index (χ0v) is 20.4. The first kappa shape index (κ1) is 22.5. The second-order valence-electron chi connectivity index (χ2n) is 9.61. The molecule has 1 amide bonds. The molecule has 5 heterocycles. The number of amides is 1. The van der Waals surface area contributed by atoms with Gasteiger partial charge in [-0.15, -0.1) is 0 Å². The van der Waals surface area contributed by atoms with E-state index in [1.54, 1.807) is 6.20 Å². The van der Waals surface area contributed by atoms with Gasteiger partial charge in [0.25, 0.3) is 5.91 Å². The second-order valence-corrected chi connectivity index (χ2v) is 9.61. The first-order valence-electron chi connectivity index (χ1n) is 12.5. The Hall–Kier alpha value is -3.98. The third-order valence-corrected chi connectivity index (χ3v) is 7.14. The minimum Gasteiger partial charge on any atom is -0.370 e. The van der Waals surface area contributed by atoms with Gasteiger partial charge in [0, 0.05) is 74.4 Å². The molecule has 0 atom stereocenters. The summed E-state index contributed by atoms with van der Waals surface area (Å²) < 4.78 is 0. The minimum atomic E-state index is -0.252. The fourth-order valence-electron chi connectivity index (χ4n) is 5.00. The van der Waals surface area contributed by atoms with Crippen LogP contribution in [0.1, 0.15) is 23.3 Å². The molecule has 3 aromatic heterocycles. The number of aromatic amines is 1. The third-order valence-electron chi connectivity index (χ3n) is 7.14. The molecule has 36 heavy (non-hydrogen) atoms. The highest BCUT2D eigenvalue weighted by atomic mass is 16.1. The zero-order chi connectivity index (χ0) is 24.5. The van der Waals surface area contributed by atoms with Crippen LogP contribution in [0.2, 0.25) is 0 Å². The van der Waals surface area contributed by atoms with Crippen LogP contribution in [0.5, 0.6) is 0 Å². The van der Waals surface area contributed by atoms with Crippen molar-refractivity contribution in [3.63, 3.8) is 0 Å². The van der Waals surface area contributed by atoms with Gasteiger partial charge in [0.1, 0.15) is 5.82 Å². The van der Waals surface area contributed by atoms with Crippen LogP contribution in [-0.2, 0) is 0 Å². The number of carbonyl (C=O) groups excluding carboxylic acids is 1. The molecule has 0 bridgehead atoms. The van der Waals surface area contributed by atoms with Crippen LogP contribution < -0.4 is 15.1 Å². The number of rotatable bonds is 5. The number of benzene rings is 1. The molecule has 0 spiro atoms. The fraction of sp³-hybridized carbons (Fsp3) is 0.333. The number of nitrogens with zero attached hydrogens (tertiary/aromatic N) is 6. The monoisotopic (exact) mass is 482 g/mol. The normalized spacial score (nSPS) is 16.6. The summed E-state index contributed by atoms with van der Waals surface area (Å²) in [5.74, 6) is 0.623. The summed E-state index contributed by atoms with van der Waals surface area (Å²) in [7, 11) is 2.13. The number of pyridine rings is 2. The number of anilines is 3. The van der Waals surface area contributed by atoms with E-state index in [9.17, 15) is 4.79 Å². The predicted molar refractivity (Wildman–Crippen MR) is 143 cm³/mol. The van der Waals surface area contributed by atoms with Crippen molar-refractivity contribution in [2.75, 3.05) is 61.4 Å². The highest BCUT2D eigenvalue weighted by Crippen LogP contribution is 2.29. The molecule has 4 aromatic rings. The summed E-state index contributed by atoms with van der Waals surface area (Å²) in [6, 6.07) is 11.9. The van der Waals surface area contributed by atoms with Crippen molar-refractivity contribution < 1.29 is 4.79 Å². The zero-order valence-electron chi connectivity index (χ0n) is 20.4. The highest BCUT2D eigenvalue weighted by Gasteiger charge is 2.19. The van der Waals surface area contributed by atoms with Crippen LogP contribution in [0.15, 0.2) is 55.0 Å². The van der Waals surface area contributed by atoms with E-state index in [4.69, 9.17) is 0 Å². The lowest BCUT2D eigenvalue weighted by Gasteiger charge is -2.33. The van der Waals surface area contributed by atoms with Gasteiger partial charge in [-0.3, -0.25) is 14.9 Å². The van der Waals surface area contributed by atoms with Gasteiger partial charge in [-0.2, -0.15) is 5.10 Å². The number of nitrogens with one attached hydrogen (secondary N) is 2. The smallest absolute Gasteiger partial charge is 0.276 e. The first-order valence-corrected chi connectivity index (χ1v) is 12.5. The van der Waals surface area contributed by atoms with E-state index in [1.165, 1.54) is 12.8 Å². The molecular weight excluding hydrogens is 452 g/mol. The number of hydrogen-bond acceptors (Lipinski definition) is 7. The Kier molecular flexibility index (Phi) is 5.98. The van der Waals surface area contributed by atoms with Crippen LogP contribution in [0, 0.1) is 0 Å². The molecule has 9 heteroatoms. The van der Waals surface area contributed by atoms with Crippen molar-refractivity contribution in [2.24, 2.45) is 0 Å². The number of carbonyl (C=O) groups is 1. The van der Waals surface area contributed by atoms with Gasteiger partial charge in [0.2, 0.25) is 0 Å². The third kappa shape index (κ3) is 4.49. The standard InChI is InChI=1S/C27H30N8O/c1-33-10-12-35(13-11-33)25-16-21(6-7-29-25)30-27(36)26-23-15-19(4-5-24(23)31-32-26)20-14-22(18-28-17-20)34-8-2-3-9-34/h4-7,14-18H,2-3,8-13H2,1H3,(H,31,32)(H,29,30,36). The van der Waals surface area contributed by atoms with Gasteiger partial charge in [-0.25, -0.2) is 4.98 Å². The van der Waals surface area contributed by atoms with Crippen molar-refractivity contribution >= 4 is 34.0 Å². The van der Waals surface area contributed by atoms with Crippen LogP contribution >= 0.6 is 0 Å². The van der Waals surface area contributed by atoms with Crippen molar-refractivity contribution in [1.82, 2.24) is 25.1 Å². The lowest BCUT2D eigenvalue weighted by molar-refractivity contribution is 0.102. The van der Waals surface area contributed by atoms with E-state index in [2.05, 4.69) is 53.3 Å². The van der Waals surface area contributed by atoms with Gasteiger partial charge in [0.05, 0.1) is 17.4 Å². The molecule has 0 saturated carbocycles. The topological polar surface area (TPSA) is 93.3 Å². The molecule has 184 valence electrons. The van der Waals surface area contributed by atoms with Crippen LogP contribution in [0.4, 0.5) is 17.2 Å². The molecule has 2 fully saturated rings. The van der Waals surface area contributed by atoms with Crippen LogP contribution in [0.25, 0.3) is 22.0 Å². The maximum absolute atomic E-state index is 13.2. The van der Waals surface area contributed by atoms with Gasteiger partial charge in [0.15, 0.2) is 5.69 Å². The summed E-state index contributed by atoms with van der Waals surface area (Å²) in [6.45, 7) is 5.97. The Morgan fingerprint density at radius 2 is 1.75 bits per heavy atom. The van der Waals surface area contributed by atoms with Gasteiger partial charge < -0.3 is 20.0 Å². The Morgan fingerprint density at radius 1 is 0.917 bits per heavy atom. The Balaban J connectivity index is 1.24. The van der Waals surface area contributed by atoms with Crippen molar-refractivity contribution in [1.29, 1.82) is 0 Å². The molecule has 0 aliphatic carbocycles. The molecule has 0 radical (unpaired) electrons. The van der Waals surface area contributed by atoms with Gasteiger partial charge >= 0.3 is 0 Å². The Morgan fingerprint density at radius 3 is 2.58 bits per heavy atom. The van der Waals surface area contributed by atoms with Crippen molar-refractivity contribution in [2.45, 2.75) is 12.8 Å². The quantitative estimate of drug-likeness (QED) is 0.449. The lowest BCUT2D eigenvalue weighted by atomic mass is 10.0. The highest BCUT2D eigenvalue weighted by molar-refractivity contribution is 6.11. The SMILES string of the molecule is CN1CCN(c2cc(NC(=O)c3n[nH]c4ccc(-c5cncc(N6CCCC6)c5)cc34)ccn2)CC1. The number of piperazine rings is 1. The average molecular weight is 483 g/mol. The van der Waals surface area contributed by atoms with E-state index < -0.39 is 0 Å². The Labute approximate surface area is 210 Å². The molecular formula is C27H30N8O. The number of H-pyrrole nitrogens is 1. The van der Waals surface area contributed by atoms with E-state index in [0.29, 0.717) is 11.4 Å². The van der Waals surface area contributed by atoms with Crippen molar-refractivity contribution in [3.8, 4) is 11.1 Å².